The molecule has 0 aliphatic carbocycles. The second kappa shape index (κ2) is 5.68. The van der Waals surface area contributed by atoms with E-state index in [0.29, 0.717) is 10.9 Å². The largest absolute Gasteiger partial charge is 0.294 e. The highest BCUT2D eigenvalue weighted by atomic mass is 79.9. The highest BCUT2D eigenvalue weighted by molar-refractivity contribution is 9.11. The fourth-order valence-electron chi connectivity index (χ4n) is 2.11. The van der Waals surface area contributed by atoms with Gasteiger partial charge in [0, 0.05) is 14.0 Å². The maximum absolute atomic E-state index is 6.11. The number of fused-ring (bicyclic) bond motifs is 1. The van der Waals surface area contributed by atoms with Crippen LogP contribution in [0.25, 0.3) is 16.7 Å². The number of hydrogen-bond acceptors (Lipinski definition) is 1. The number of halogens is 4. The molecule has 0 atom stereocenters. The lowest BCUT2D eigenvalue weighted by atomic mass is 10.3. The zero-order valence-electron chi connectivity index (χ0n) is 10.1. The van der Waals surface area contributed by atoms with E-state index in [0.717, 1.165) is 31.5 Å². The Morgan fingerprint density at radius 3 is 2.65 bits per heavy atom. The summed E-state index contributed by atoms with van der Waals surface area (Å²) in [6.07, 6.45) is 0. The van der Waals surface area contributed by atoms with Gasteiger partial charge < -0.3 is 0 Å². The topological polar surface area (TPSA) is 17.8 Å². The molecule has 3 aromatic rings. The molecule has 0 bridgehead atoms. The fraction of sp³-hybridized carbons (Fsp3) is 0.0714. The first-order valence-electron chi connectivity index (χ1n) is 5.78. The third-order valence-electron chi connectivity index (χ3n) is 2.95. The van der Waals surface area contributed by atoms with E-state index in [2.05, 4.69) is 36.8 Å². The molecule has 1 aromatic heterocycles. The summed E-state index contributed by atoms with van der Waals surface area (Å²) in [4.78, 5) is 4.56. The van der Waals surface area contributed by atoms with Gasteiger partial charge in [0.05, 0.1) is 22.6 Å². The molecule has 0 saturated carbocycles. The number of imidazole rings is 1. The summed E-state index contributed by atoms with van der Waals surface area (Å²) in [6, 6.07) is 11.6. The summed E-state index contributed by atoms with van der Waals surface area (Å²) >= 11 is 19.2. The van der Waals surface area contributed by atoms with Crippen LogP contribution in [0.5, 0.6) is 0 Å². The van der Waals surface area contributed by atoms with Crippen molar-refractivity contribution in [1.29, 1.82) is 0 Å². The second-order valence-corrected chi connectivity index (χ2v) is 6.70. The minimum atomic E-state index is 0.325. The zero-order valence-corrected chi connectivity index (χ0v) is 14.8. The van der Waals surface area contributed by atoms with Gasteiger partial charge in [0.2, 0.25) is 0 Å². The lowest BCUT2D eigenvalue weighted by molar-refractivity contribution is 0.976. The van der Waals surface area contributed by atoms with E-state index in [9.17, 15) is 0 Å². The third-order valence-corrected chi connectivity index (χ3v) is 4.59. The molecule has 6 heteroatoms. The zero-order chi connectivity index (χ0) is 14.3. The van der Waals surface area contributed by atoms with Gasteiger partial charge in [-0.1, -0.05) is 27.5 Å². The predicted molar refractivity (Wildman–Crippen MR) is 91.0 cm³/mol. The van der Waals surface area contributed by atoms with Crippen LogP contribution in [0, 0.1) is 0 Å². The molecule has 1 heterocycles. The van der Waals surface area contributed by atoms with E-state index >= 15 is 0 Å². The SMILES string of the molecule is ClCc1nc2ccc(Cl)cc2n1-c1cc(Br)ccc1Br. The molecule has 20 heavy (non-hydrogen) atoms. The molecule has 0 aliphatic rings. The Kier molecular flexibility index (Phi) is 4.09. The highest BCUT2D eigenvalue weighted by Gasteiger charge is 2.14. The average molecular weight is 435 g/mol. The summed E-state index contributed by atoms with van der Waals surface area (Å²) in [5.74, 6) is 1.10. The predicted octanol–water partition coefficient (Wildman–Crippen LogP) is 5.94. The lowest BCUT2D eigenvalue weighted by Gasteiger charge is -2.10. The smallest absolute Gasteiger partial charge is 0.129 e. The molecule has 0 spiro atoms. The first-order chi connectivity index (χ1) is 9.60. The number of rotatable bonds is 2. The highest BCUT2D eigenvalue weighted by Crippen LogP contribution is 2.31. The molecule has 2 aromatic carbocycles. The van der Waals surface area contributed by atoms with Crippen molar-refractivity contribution in [3.05, 3.63) is 56.2 Å². The van der Waals surface area contributed by atoms with Crippen LogP contribution in [0.2, 0.25) is 5.02 Å². The van der Waals surface area contributed by atoms with Crippen molar-refractivity contribution in [2.45, 2.75) is 5.88 Å². The molecule has 0 unspecified atom stereocenters. The number of hydrogen-bond donors (Lipinski definition) is 0. The van der Waals surface area contributed by atoms with E-state index in [1.807, 2.05) is 41.0 Å². The normalized spacial score (nSPS) is 11.2. The van der Waals surface area contributed by atoms with Crippen LogP contribution in [0.4, 0.5) is 0 Å². The maximum Gasteiger partial charge on any atom is 0.129 e. The Balaban J connectivity index is 2.39. The monoisotopic (exact) mass is 432 g/mol. The fourth-order valence-corrected chi connectivity index (χ4v) is 3.23. The van der Waals surface area contributed by atoms with Crippen molar-refractivity contribution in [2.24, 2.45) is 0 Å². The summed E-state index contributed by atoms with van der Waals surface area (Å²) in [5, 5.41) is 0.672. The van der Waals surface area contributed by atoms with E-state index in [1.54, 1.807) is 0 Å². The molecule has 0 saturated heterocycles. The molecule has 3 rings (SSSR count). The van der Waals surface area contributed by atoms with E-state index in [-0.39, 0.29) is 0 Å². The van der Waals surface area contributed by atoms with Crippen LogP contribution in [0.3, 0.4) is 0 Å². The molecule has 0 fully saturated rings. The molecule has 2 nitrogen and oxygen atoms in total. The number of nitrogens with zero attached hydrogens (tertiary/aromatic N) is 2. The Bertz CT molecular complexity index is 799. The van der Waals surface area contributed by atoms with E-state index in [4.69, 9.17) is 23.2 Å². The van der Waals surface area contributed by atoms with Gasteiger partial charge in [-0.25, -0.2) is 4.98 Å². The Hall–Kier alpha value is -0.550. The first-order valence-corrected chi connectivity index (χ1v) is 8.28. The minimum absolute atomic E-state index is 0.325. The number of alkyl halides is 1. The van der Waals surface area contributed by atoms with Gasteiger partial charge in [0.25, 0.3) is 0 Å². The van der Waals surface area contributed by atoms with Crippen LogP contribution in [0.15, 0.2) is 45.3 Å². The first kappa shape index (κ1) is 14.4. The van der Waals surface area contributed by atoms with Crippen LogP contribution in [-0.4, -0.2) is 9.55 Å². The van der Waals surface area contributed by atoms with Crippen LogP contribution in [0.1, 0.15) is 5.82 Å². The standard InChI is InChI=1S/C14H8Br2Cl2N2/c15-8-1-3-10(16)12(5-8)20-13-6-9(18)2-4-11(13)19-14(20)7-17/h1-6H,7H2. The van der Waals surface area contributed by atoms with Crippen molar-refractivity contribution in [3.8, 4) is 5.69 Å². The summed E-state index contributed by atoms with van der Waals surface area (Å²) in [7, 11) is 0. The van der Waals surface area contributed by atoms with Crippen molar-refractivity contribution < 1.29 is 0 Å². The van der Waals surface area contributed by atoms with Crippen molar-refractivity contribution >= 4 is 66.1 Å². The van der Waals surface area contributed by atoms with Crippen LogP contribution < -0.4 is 0 Å². The molecule has 0 aliphatic heterocycles. The van der Waals surface area contributed by atoms with Gasteiger partial charge in [0.15, 0.2) is 0 Å². The van der Waals surface area contributed by atoms with Crippen LogP contribution >= 0.6 is 55.1 Å². The second-order valence-electron chi connectivity index (χ2n) is 4.23. The Morgan fingerprint density at radius 2 is 1.90 bits per heavy atom. The van der Waals surface area contributed by atoms with Gasteiger partial charge in [-0.2, -0.15) is 0 Å². The van der Waals surface area contributed by atoms with Gasteiger partial charge >= 0.3 is 0 Å². The summed E-state index contributed by atoms with van der Waals surface area (Å²) < 4.78 is 3.97. The van der Waals surface area contributed by atoms with Gasteiger partial charge in [-0.15, -0.1) is 11.6 Å². The Morgan fingerprint density at radius 1 is 1.10 bits per heavy atom. The number of aromatic nitrogens is 2. The van der Waals surface area contributed by atoms with Crippen molar-refractivity contribution in [2.75, 3.05) is 0 Å². The summed E-state index contributed by atoms with van der Waals surface area (Å²) in [5.41, 5.74) is 2.78. The van der Waals surface area contributed by atoms with Gasteiger partial charge in [0.1, 0.15) is 5.82 Å². The van der Waals surface area contributed by atoms with E-state index in [1.165, 1.54) is 0 Å². The lowest BCUT2D eigenvalue weighted by Crippen LogP contribution is -2.00. The average Bonchev–Trinajstić information content (AvgIpc) is 2.79. The van der Waals surface area contributed by atoms with Crippen LogP contribution in [-0.2, 0) is 5.88 Å². The van der Waals surface area contributed by atoms with Gasteiger partial charge in [-0.05, 0) is 52.3 Å². The number of benzene rings is 2. The van der Waals surface area contributed by atoms with Crippen molar-refractivity contribution in [3.63, 3.8) is 0 Å². The summed E-state index contributed by atoms with van der Waals surface area (Å²) in [6.45, 7) is 0. The molecule has 0 amide bonds. The molecule has 0 radical (unpaired) electrons. The quantitative estimate of drug-likeness (QED) is 0.456. The van der Waals surface area contributed by atoms with Gasteiger partial charge in [-0.3, -0.25) is 4.57 Å². The molecule has 0 N–H and O–H groups in total. The molecule has 102 valence electrons. The van der Waals surface area contributed by atoms with E-state index < -0.39 is 0 Å². The molecular formula is C14H8Br2Cl2N2. The molecular weight excluding hydrogens is 427 g/mol. The van der Waals surface area contributed by atoms with Crippen molar-refractivity contribution in [1.82, 2.24) is 9.55 Å². The third kappa shape index (κ3) is 2.50. The minimum Gasteiger partial charge on any atom is -0.294 e. The Labute approximate surface area is 143 Å². The maximum atomic E-state index is 6.11.